The third kappa shape index (κ3) is 3.30. The van der Waals surface area contributed by atoms with Gasteiger partial charge < -0.3 is 4.74 Å². The molecule has 6 nitrogen and oxygen atoms in total. The van der Waals surface area contributed by atoms with Crippen molar-refractivity contribution in [2.24, 2.45) is 0 Å². The van der Waals surface area contributed by atoms with Crippen LogP contribution in [0.3, 0.4) is 0 Å². The Morgan fingerprint density at radius 1 is 0.758 bits per heavy atom. The molecule has 33 heavy (non-hydrogen) atoms. The first-order chi connectivity index (χ1) is 16.1. The standard InChI is InChI=1S/C26H17N3O3S/c30-33(31)24-9-2-1-8-22(24)23-12-11-18(14-25(23)33)19-16-28-29(17-19)20-6-5-7-21(15-20)32-26-10-3-4-13-27-26/h1-17H. The Bertz CT molecular complexity index is 1610. The first-order valence-corrected chi connectivity index (χ1v) is 11.8. The van der Waals surface area contributed by atoms with Crippen molar-refractivity contribution >= 4 is 9.84 Å². The van der Waals surface area contributed by atoms with E-state index in [0.29, 0.717) is 21.4 Å². The molecule has 1 aliphatic heterocycles. The van der Waals surface area contributed by atoms with Gasteiger partial charge in [0, 0.05) is 41.2 Å². The second kappa shape index (κ2) is 7.43. The van der Waals surface area contributed by atoms with Crippen molar-refractivity contribution in [3.05, 3.63) is 104 Å². The van der Waals surface area contributed by atoms with E-state index in [9.17, 15) is 8.42 Å². The number of ether oxygens (including phenoxy) is 1. The highest BCUT2D eigenvalue weighted by molar-refractivity contribution is 7.92. The highest BCUT2D eigenvalue weighted by Gasteiger charge is 2.32. The lowest BCUT2D eigenvalue weighted by Gasteiger charge is -2.07. The minimum Gasteiger partial charge on any atom is -0.439 e. The van der Waals surface area contributed by atoms with E-state index in [1.54, 1.807) is 41.3 Å². The Morgan fingerprint density at radius 3 is 2.48 bits per heavy atom. The average Bonchev–Trinajstić information content (AvgIpc) is 3.42. The average molecular weight is 452 g/mol. The number of hydrogen-bond acceptors (Lipinski definition) is 5. The summed E-state index contributed by atoms with van der Waals surface area (Å²) in [6.07, 6.45) is 5.27. The molecule has 7 heteroatoms. The molecule has 0 radical (unpaired) electrons. The number of nitrogens with zero attached hydrogens (tertiary/aromatic N) is 3. The maximum absolute atomic E-state index is 13.0. The largest absolute Gasteiger partial charge is 0.439 e. The fraction of sp³-hybridized carbons (Fsp3) is 0. The summed E-state index contributed by atoms with van der Waals surface area (Å²) in [6, 6.07) is 25.6. The van der Waals surface area contributed by atoms with E-state index in [0.717, 1.165) is 27.9 Å². The highest BCUT2D eigenvalue weighted by Crippen LogP contribution is 2.44. The van der Waals surface area contributed by atoms with E-state index in [1.165, 1.54) is 0 Å². The summed E-state index contributed by atoms with van der Waals surface area (Å²) in [5.74, 6) is 1.15. The molecule has 0 unspecified atom stereocenters. The van der Waals surface area contributed by atoms with Crippen molar-refractivity contribution in [1.82, 2.24) is 14.8 Å². The summed E-state index contributed by atoms with van der Waals surface area (Å²) in [5.41, 5.74) is 3.91. The van der Waals surface area contributed by atoms with Crippen molar-refractivity contribution in [3.63, 3.8) is 0 Å². The molecular formula is C26H17N3O3S. The first kappa shape index (κ1) is 19.5. The van der Waals surface area contributed by atoms with Gasteiger partial charge >= 0.3 is 0 Å². The van der Waals surface area contributed by atoms with Crippen LogP contribution >= 0.6 is 0 Å². The minimum atomic E-state index is -3.53. The van der Waals surface area contributed by atoms with Gasteiger partial charge in [-0.25, -0.2) is 18.1 Å². The van der Waals surface area contributed by atoms with Crippen LogP contribution in [-0.4, -0.2) is 23.2 Å². The number of aromatic nitrogens is 3. The van der Waals surface area contributed by atoms with Crippen LogP contribution in [0.2, 0.25) is 0 Å². The number of pyridine rings is 1. The molecule has 0 spiro atoms. The summed E-state index contributed by atoms with van der Waals surface area (Å²) in [5, 5.41) is 4.48. The van der Waals surface area contributed by atoms with Gasteiger partial charge in [-0.3, -0.25) is 0 Å². The van der Waals surface area contributed by atoms with Gasteiger partial charge in [-0.05, 0) is 35.9 Å². The predicted octanol–water partition coefficient (Wildman–Crippen LogP) is 5.54. The second-order valence-electron chi connectivity index (χ2n) is 7.65. The van der Waals surface area contributed by atoms with E-state index < -0.39 is 9.84 Å². The normalized spacial score (nSPS) is 13.3. The smallest absolute Gasteiger partial charge is 0.219 e. The summed E-state index contributed by atoms with van der Waals surface area (Å²) in [7, 11) is -3.53. The lowest BCUT2D eigenvalue weighted by molar-refractivity contribution is 0.462. The van der Waals surface area contributed by atoms with Gasteiger partial charge in [0.2, 0.25) is 15.7 Å². The summed E-state index contributed by atoms with van der Waals surface area (Å²) in [6.45, 7) is 0. The van der Waals surface area contributed by atoms with Crippen LogP contribution in [0.5, 0.6) is 11.6 Å². The van der Waals surface area contributed by atoms with Crippen LogP contribution in [0.1, 0.15) is 0 Å². The number of hydrogen-bond donors (Lipinski definition) is 0. The van der Waals surface area contributed by atoms with Crippen molar-refractivity contribution in [1.29, 1.82) is 0 Å². The van der Waals surface area contributed by atoms with E-state index in [1.807, 2.05) is 66.9 Å². The van der Waals surface area contributed by atoms with Crippen LogP contribution in [-0.2, 0) is 9.84 Å². The van der Waals surface area contributed by atoms with Crippen molar-refractivity contribution in [2.45, 2.75) is 9.79 Å². The zero-order valence-corrected chi connectivity index (χ0v) is 18.1. The molecular weight excluding hydrogens is 434 g/mol. The van der Waals surface area contributed by atoms with Gasteiger partial charge in [0.05, 0.1) is 21.7 Å². The molecule has 5 aromatic rings. The Labute approximate surface area is 190 Å². The molecule has 6 rings (SSSR count). The Morgan fingerprint density at radius 2 is 1.61 bits per heavy atom. The molecule has 0 bridgehead atoms. The zero-order valence-electron chi connectivity index (χ0n) is 17.3. The minimum absolute atomic E-state index is 0.333. The van der Waals surface area contributed by atoms with Gasteiger partial charge in [0.15, 0.2) is 0 Å². The van der Waals surface area contributed by atoms with Crippen molar-refractivity contribution in [2.75, 3.05) is 0 Å². The quantitative estimate of drug-likeness (QED) is 0.352. The van der Waals surface area contributed by atoms with Crippen LogP contribution in [0, 0.1) is 0 Å². The van der Waals surface area contributed by atoms with Gasteiger partial charge in [0.25, 0.3) is 0 Å². The topological polar surface area (TPSA) is 74.1 Å². The number of fused-ring (bicyclic) bond motifs is 3. The van der Waals surface area contributed by atoms with E-state index in [2.05, 4.69) is 10.1 Å². The molecule has 0 amide bonds. The van der Waals surface area contributed by atoms with Crippen LogP contribution in [0.15, 0.2) is 113 Å². The maximum atomic E-state index is 13.0. The van der Waals surface area contributed by atoms with Crippen LogP contribution < -0.4 is 4.74 Å². The summed E-state index contributed by atoms with van der Waals surface area (Å²) >= 11 is 0. The zero-order chi connectivity index (χ0) is 22.4. The summed E-state index contributed by atoms with van der Waals surface area (Å²) in [4.78, 5) is 4.87. The third-order valence-electron chi connectivity index (χ3n) is 5.60. The Balaban J connectivity index is 1.33. The molecule has 0 atom stereocenters. The van der Waals surface area contributed by atoms with E-state index >= 15 is 0 Å². The Kier molecular flexibility index (Phi) is 4.38. The maximum Gasteiger partial charge on any atom is 0.219 e. The highest BCUT2D eigenvalue weighted by atomic mass is 32.2. The Hall–Kier alpha value is -4.23. The van der Waals surface area contributed by atoms with Gasteiger partial charge in [0.1, 0.15) is 5.75 Å². The molecule has 0 fully saturated rings. The van der Waals surface area contributed by atoms with E-state index in [-0.39, 0.29) is 0 Å². The van der Waals surface area contributed by atoms with E-state index in [4.69, 9.17) is 4.74 Å². The molecule has 1 aliphatic rings. The van der Waals surface area contributed by atoms with Gasteiger partial charge in [-0.1, -0.05) is 42.5 Å². The SMILES string of the molecule is O=S1(=O)c2ccccc2-c2ccc(-c3cnn(-c4cccc(Oc5ccccn5)c4)c3)cc21. The lowest BCUT2D eigenvalue weighted by Crippen LogP contribution is -1.96. The molecule has 0 saturated carbocycles. The van der Waals surface area contributed by atoms with Crippen LogP contribution in [0.25, 0.3) is 27.9 Å². The molecule has 0 N–H and O–H groups in total. The lowest BCUT2D eigenvalue weighted by atomic mass is 10.0. The van der Waals surface area contributed by atoms with Crippen LogP contribution in [0.4, 0.5) is 0 Å². The van der Waals surface area contributed by atoms with Crippen molar-refractivity contribution in [3.8, 4) is 39.6 Å². The molecule has 2 aromatic heterocycles. The van der Waals surface area contributed by atoms with Gasteiger partial charge in [-0.15, -0.1) is 0 Å². The molecule has 0 aliphatic carbocycles. The fourth-order valence-corrected chi connectivity index (χ4v) is 5.73. The number of benzene rings is 3. The second-order valence-corrected chi connectivity index (χ2v) is 9.54. The van der Waals surface area contributed by atoms with Crippen molar-refractivity contribution < 1.29 is 13.2 Å². The molecule has 0 saturated heterocycles. The van der Waals surface area contributed by atoms with Gasteiger partial charge in [-0.2, -0.15) is 5.10 Å². The molecule has 160 valence electrons. The number of rotatable bonds is 4. The predicted molar refractivity (Wildman–Crippen MR) is 124 cm³/mol. The molecule has 3 aromatic carbocycles. The molecule has 3 heterocycles. The summed E-state index contributed by atoms with van der Waals surface area (Å²) < 4.78 is 33.6. The third-order valence-corrected chi connectivity index (χ3v) is 7.45. The monoisotopic (exact) mass is 451 g/mol. The first-order valence-electron chi connectivity index (χ1n) is 10.3. The number of sulfone groups is 1. The fourth-order valence-electron chi connectivity index (χ4n) is 4.02.